The average molecular weight is 281 g/mol. The Kier molecular flexibility index (Phi) is 3.85. The molecule has 5 nitrogen and oxygen atoms in total. The first kappa shape index (κ1) is 13.5. The molecule has 2 rings (SSSR count). The van der Waals surface area contributed by atoms with E-state index in [-0.39, 0.29) is 16.6 Å². The highest BCUT2D eigenvalue weighted by Crippen LogP contribution is 2.26. The molecule has 100 valence electrons. The molecule has 0 aliphatic carbocycles. The van der Waals surface area contributed by atoms with Crippen LogP contribution in [0.3, 0.4) is 0 Å². The van der Waals surface area contributed by atoms with Crippen LogP contribution >= 0.6 is 11.6 Å². The molecule has 0 unspecified atom stereocenters. The molecule has 19 heavy (non-hydrogen) atoms. The molecule has 0 saturated heterocycles. The van der Waals surface area contributed by atoms with Crippen LogP contribution in [0.2, 0.25) is 5.02 Å². The quantitative estimate of drug-likeness (QED) is 0.475. The Hall–Kier alpha value is -1.88. The lowest BCUT2D eigenvalue weighted by Gasteiger charge is -2.25. The Bertz CT molecular complexity index is 569. The Labute approximate surface area is 115 Å². The summed E-state index contributed by atoms with van der Waals surface area (Å²) in [7, 11) is 0. The van der Waals surface area contributed by atoms with Gasteiger partial charge in [0, 0.05) is 24.7 Å². The lowest BCUT2D eigenvalue weighted by atomic mass is 10.1. The summed E-state index contributed by atoms with van der Waals surface area (Å²) in [5.74, 6) is -0.152. The van der Waals surface area contributed by atoms with Crippen molar-refractivity contribution in [3.05, 3.63) is 50.5 Å². The molecule has 1 aromatic rings. The van der Waals surface area contributed by atoms with Gasteiger partial charge in [-0.2, -0.15) is 0 Å². The van der Waals surface area contributed by atoms with Crippen molar-refractivity contribution in [3.63, 3.8) is 0 Å². The minimum absolute atomic E-state index is 0.0143. The van der Waals surface area contributed by atoms with E-state index in [4.69, 9.17) is 11.6 Å². The molecule has 0 saturated carbocycles. The molecule has 1 aliphatic rings. The monoisotopic (exact) mass is 280 g/mol. The lowest BCUT2D eigenvalue weighted by molar-refractivity contribution is -0.384. The van der Waals surface area contributed by atoms with Gasteiger partial charge in [0.05, 0.1) is 4.92 Å². The Balaban J connectivity index is 2.21. The zero-order chi connectivity index (χ0) is 14.0. The highest BCUT2D eigenvalue weighted by Gasteiger charge is 2.20. The predicted octanol–water partition coefficient (Wildman–Crippen LogP) is 3.04. The molecule has 1 amide bonds. The van der Waals surface area contributed by atoms with E-state index in [1.807, 2.05) is 13.0 Å². The predicted molar refractivity (Wildman–Crippen MR) is 72.4 cm³/mol. The second kappa shape index (κ2) is 5.40. The SMILES string of the molecule is CC1=CCN(C(=O)c2ccc([N+](=O)[O-])c(Cl)c2)CC1. The maximum absolute atomic E-state index is 12.2. The van der Waals surface area contributed by atoms with E-state index >= 15 is 0 Å². The van der Waals surface area contributed by atoms with E-state index < -0.39 is 4.92 Å². The van der Waals surface area contributed by atoms with Crippen LogP contribution < -0.4 is 0 Å². The van der Waals surface area contributed by atoms with Gasteiger partial charge in [0.1, 0.15) is 5.02 Å². The average Bonchev–Trinajstić information content (AvgIpc) is 2.38. The molecule has 0 spiro atoms. The lowest BCUT2D eigenvalue weighted by Crippen LogP contribution is -2.34. The standard InChI is InChI=1S/C13H13ClN2O3/c1-9-4-6-15(7-5-9)13(17)10-2-3-12(16(18)19)11(14)8-10/h2-4,8H,5-7H2,1H3. The third-order valence-corrected chi connectivity index (χ3v) is 3.42. The summed E-state index contributed by atoms with van der Waals surface area (Å²) >= 11 is 5.81. The number of nitro groups is 1. The summed E-state index contributed by atoms with van der Waals surface area (Å²) in [4.78, 5) is 24.0. The number of benzene rings is 1. The second-order valence-electron chi connectivity index (χ2n) is 4.47. The molecule has 0 atom stereocenters. The molecule has 1 aromatic carbocycles. The smallest absolute Gasteiger partial charge is 0.287 e. The number of hydrogen-bond acceptors (Lipinski definition) is 3. The summed E-state index contributed by atoms with van der Waals surface area (Å²) < 4.78 is 0. The molecule has 0 aromatic heterocycles. The number of carbonyl (C=O) groups is 1. The molecule has 0 bridgehead atoms. The zero-order valence-corrected chi connectivity index (χ0v) is 11.2. The summed E-state index contributed by atoms with van der Waals surface area (Å²) in [5, 5.41) is 10.6. The van der Waals surface area contributed by atoms with Crippen LogP contribution in [0, 0.1) is 10.1 Å². The molecular weight excluding hydrogens is 268 g/mol. The first-order chi connectivity index (χ1) is 8.99. The number of nitro benzene ring substituents is 1. The Morgan fingerprint density at radius 1 is 1.47 bits per heavy atom. The van der Waals surface area contributed by atoms with Crippen LogP contribution in [0.4, 0.5) is 5.69 Å². The van der Waals surface area contributed by atoms with E-state index in [2.05, 4.69) is 0 Å². The number of nitrogens with zero attached hydrogens (tertiary/aromatic N) is 2. The fourth-order valence-corrected chi connectivity index (χ4v) is 2.18. The first-order valence-corrected chi connectivity index (χ1v) is 6.25. The van der Waals surface area contributed by atoms with Crippen molar-refractivity contribution in [2.24, 2.45) is 0 Å². The van der Waals surface area contributed by atoms with Crippen LogP contribution in [0.5, 0.6) is 0 Å². The van der Waals surface area contributed by atoms with E-state index in [0.29, 0.717) is 18.7 Å². The fraction of sp³-hybridized carbons (Fsp3) is 0.308. The van der Waals surface area contributed by atoms with E-state index in [1.165, 1.54) is 23.8 Å². The highest BCUT2D eigenvalue weighted by atomic mass is 35.5. The van der Waals surface area contributed by atoms with E-state index in [0.717, 1.165) is 6.42 Å². The zero-order valence-electron chi connectivity index (χ0n) is 10.4. The molecule has 0 radical (unpaired) electrons. The number of rotatable bonds is 2. The van der Waals surface area contributed by atoms with Gasteiger partial charge in [0.2, 0.25) is 0 Å². The van der Waals surface area contributed by atoms with Crippen LogP contribution in [0.15, 0.2) is 29.8 Å². The third-order valence-electron chi connectivity index (χ3n) is 3.11. The van der Waals surface area contributed by atoms with E-state index in [9.17, 15) is 14.9 Å². The summed E-state index contributed by atoms with van der Waals surface area (Å²) in [5.41, 5.74) is 1.46. The number of hydrogen-bond donors (Lipinski definition) is 0. The van der Waals surface area contributed by atoms with Crippen molar-refractivity contribution in [3.8, 4) is 0 Å². The molecule has 0 N–H and O–H groups in total. The van der Waals surface area contributed by atoms with Crippen molar-refractivity contribution in [2.75, 3.05) is 13.1 Å². The number of carbonyl (C=O) groups excluding carboxylic acids is 1. The van der Waals surface area contributed by atoms with Crippen LogP contribution in [-0.4, -0.2) is 28.8 Å². The van der Waals surface area contributed by atoms with Gasteiger partial charge in [-0.25, -0.2) is 0 Å². The first-order valence-electron chi connectivity index (χ1n) is 5.88. The van der Waals surface area contributed by atoms with Crippen molar-refractivity contribution in [2.45, 2.75) is 13.3 Å². The fourth-order valence-electron chi connectivity index (χ4n) is 1.93. The van der Waals surface area contributed by atoms with Crippen molar-refractivity contribution in [1.82, 2.24) is 4.90 Å². The third kappa shape index (κ3) is 2.93. The largest absolute Gasteiger partial charge is 0.335 e. The number of halogens is 1. The van der Waals surface area contributed by atoms with Crippen molar-refractivity contribution >= 4 is 23.2 Å². The van der Waals surface area contributed by atoms with Gasteiger partial charge < -0.3 is 4.90 Å². The minimum atomic E-state index is -0.566. The van der Waals surface area contributed by atoms with Gasteiger partial charge in [0.25, 0.3) is 11.6 Å². The second-order valence-corrected chi connectivity index (χ2v) is 4.88. The van der Waals surface area contributed by atoms with Gasteiger partial charge in [-0.3, -0.25) is 14.9 Å². The van der Waals surface area contributed by atoms with Gasteiger partial charge >= 0.3 is 0 Å². The van der Waals surface area contributed by atoms with Gasteiger partial charge in [-0.05, 0) is 25.5 Å². The molecule has 1 aliphatic heterocycles. The summed E-state index contributed by atoms with van der Waals surface area (Å²) in [6.45, 7) is 3.26. The van der Waals surface area contributed by atoms with E-state index in [1.54, 1.807) is 4.90 Å². The maximum atomic E-state index is 12.2. The van der Waals surface area contributed by atoms with Crippen LogP contribution in [0.25, 0.3) is 0 Å². The minimum Gasteiger partial charge on any atom is -0.335 e. The van der Waals surface area contributed by atoms with Gasteiger partial charge in [0.15, 0.2) is 0 Å². The Morgan fingerprint density at radius 3 is 2.74 bits per heavy atom. The molecule has 1 heterocycles. The van der Waals surface area contributed by atoms with Crippen LogP contribution in [-0.2, 0) is 0 Å². The normalized spacial score (nSPS) is 15.1. The summed E-state index contributed by atoms with van der Waals surface area (Å²) in [6.07, 6.45) is 2.86. The van der Waals surface area contributed by atoms with Crippen LogP contribution in [0.1, 0.15) is 23.7 Å². The Morgan fingerprint density at radius 2 is 2.21 bits per heavy atom. The maximum Gasteiger partial charge on any atom is 0.287 e. The molecule has 0 fully saturated rings. The molecule has 6 heteroatoms. The topological polar surface area (TPSA) is 63.5 Å². The summed E-state index contributed by atoms with van der Waals surface area (Å²) in [6, 6.07) is 4.06. The van der Waals surface area contributed by atoms with Crippen molar-refractivity contribution < 1.29 is 9.72 Å². The van der Waals surface area contributed by atoms with Gasteiger partial charge in [-0.15, -0.1) is 0 Å². The highest BCUT2D eigenvalue weighted by molar-refractivity contribution is 6.33. The number of amides is 1. The van der Waals surface area contributed by atoms with Crippen molar-refractivity contribution in [1.29, 1.82) is 0 Å². The van der Waals surface area contributed by atoms with Gasteiger partial charge in [-0.1, -0.05) is 23.3 Å². The molecular formula is C13H13ClN2O3.